The maximum atomic E-state index is 13.4. The second-order valence-electron chi connectivity index (χ2n) is 9.99. The molecule has 2 N–H and O–H groups in total. The molecule has 1 unspecified atom stereocenters. The minimum Gasteiger partial charge on any atom is -0.457 e. The fraction of sp³-hybridized carbons (Fsp3) is 0.206. The summed E-state index contributed by atoms with van der Waals surface area (Å²) < 4.78 is 11.0. The van der Waals surface area contributed by atoms with Gasteiger partial charge in [0.25, 0.3) is 0 Å². The molecule has 4 aromatic carbocycles. The third kappa shape index (κ3) is 7.68. The van der Waals surface area contributed by atoms with Crippen molar-refractivity contribution in [1.29, 1.82) is 0 Å². The van der Waals surface area contributed by atoms with Crippen LogP contribution in [0, 0.1) is 0 Å². The predicted octanol–water partition coefficient (Wildman–Crippen LogP) is 5.49. The maximum Gasteiger partial charge on any atom is 0.338 e. The van der Waals surface area contributed by atoms with Gasteiger partial charge in [-0.25, -0.2) is 9.59 Å². The molecule has 1 amide bonds. The Balaban J connectivity index is 1.35. The summed E-state index contributed by atoms with van der Waals surface area (Å²) in [5.74, 6) is -1.47. The molecule has 1 aliphatic rings. The lowest BCUT2D eigenvalue weighted by atomic mass is 9.94. The molecular formula is C34H32N2O5. The van der Waals surface area contributed by atoms with Gasteiger partial charge in [0.2, 0.25) is 5.91 Å². The second kappa shape index (κ2) is 13.5. The minimum absolute atomic E-state index is 0.0788. The molecule has 0 spiro atoms. The van der Waals surface area contributed by atoms with Gasteiger partial charge in [-0.2, -0.15) is 0 Å². The Labute approximate surface area is 239 Å². The van der Waals surface area contributed by atoms with Crippen molar-refractivity contribution in [3.05, 3.63) is 137 Å². The normalized spacial score (nSPS) is 14.6. The molecule has 0 aromatic heterocycles. The number of fused-ring (bicyclic) bond motifs is 1. The van der Waals surface area contributed by atoms with E-state index in [2.05, 4.69) is 16.7 Å². The first-order chi connectivity index (χ1) is 20.0. The molecule has 0 aliphatic carbocycles. The number of carbonyl (C=O) groups excluding carboxylic acids is 3. The standard InChI is InChI=1S/C34H32N2O5/c37-32(31-21-27-15-8-7-14-26(27)16-9-17-35-31)36-30-19-28(33(38)40-22-24-10-3-1-4-11-24)18-29(20-30)34(39)41-23-25-12-5-2-6-13-25/h1-8,10-15,18-20,31,35H,9,16-17,21-23H2,(H,36,37). The number of hydrogen-bond donors (Lipinski definition) is 2. The van der Waals surface area contributed by atoms with Gasteiger partial charge in [-0.05, 0) is 66.3 Å². The quantitative estimate of drug-likeness (QED) is 0.283. The van der Waals surface area contributed by atoms with Gasteiger partial charge in [-0.1, -0.05) is 84.9 Å². The van der Waals surface area contributed by atoms with Gasteiger partial charge in [0.15, 0.2) is 0 Å². The number of benzene rings is 4. The maximum absolute atomic E-state index is 13.4. The SMILES string of the molecule is O=C(OCc1ccccc1)c1cc(NC(=O)C2Cc3ccccc3CCCN2)cc(C(=O)OCc2ccccc2)c1. The van der Waals surface area contributed by atoms with Crippen LogP contribution in [0.25, 0.3) is 0 Å². The summed E-state index contributed by atoms with van der Waals surface area (Å²) in [5, 5.41) is 6.25. The van der Waals surface area contributed by atoms with E-state index in [1.165, 1.54) is 23.8 Å². The molecule has 7 heteroatoms. The Bertz CT molecular complexity index is 1430. The molecule has 41 heavy (non-hydrogen) atoms. The van der Waals surface area contributed by atoms with Crippen molar-refractivity contribution in [1.82, 2.24) is 5.32 Å². The highest BCUT2D eigenvalue weighted by molar-refractivity contribution is 6.00. The van der Waals surface area contributed by atoms with Gasteiger partial charge in [-0.15, -0.1) is 0 Å². The van der Waals surface area contributed by atoms with E-state index in [0.29, 0.717) is 18.7 Å². The van der Waals surface area contributed by atoms with Crippen molar-refractivity contribution < 1.29 is 23.9 Å². The Morgan fingerprint density at radius 3 is 1.83 bits per heavy atom. The van der Waals surface area contributed by atoms with Crippen LogP contribution < -0.4 is 10.6 Å². The third-order valence-electron chi connectivity index (χ3n) is 6.97. The average molecular weight is 549 g/mol. The lowest BCUT2D eigenvalue weighted by Gasteiger charge is -2.23. The predicted molar refractivity (Wildman–Crippen MR) is 156 cm³/mol. The van der Waals surface area contributed by atoms with Crippen LogP contribution in [0.15, 0.2) is 103 Å². The van der Waals surface area contributed by atoms with Crippen molar-refractivity contribution in [2.45, 2.75) is 38.5 Å². The molecule has 7 nitrogen and oxygen atoms in total. The summed E-state index contributed by atoms with van der Waals surface area (Å²) in [6.45, 7) is 0.861. The molecule has 208 valence electrons. The number of hydrogen-bond acceptors (Lipinski definition) is 6. The molecule has 0 saturated heterocycles. The number of rotatable bonds is 8. The average Bonchev–Trinajstić information content (AvgIpc) is 3.00. The zero-order chi connectivity index (χ0) is 28.4. The van der Waals surface area contributed by atoms with Crippen LogP contribution in [0.4, 0.5) is 5.69 Å². The van der Waals surface area contributed by atoms with E-state index in [-0.39, 0.29) is 30.2 Å². The van der Waals surface area contributed by atoms with Gasteiger partial charge >= 0.3 is 11.9 Å². The molecule has 0 radical (unpaired) electrons. The molecule has 1 atom stereocenters. The topological polar surface area (TPSA) is 93.7 Å². The van der Waals surface area contributed by atoms with Crippen molar-refractivity contribution in [3.63, 3.8) is 0 Å². The summed E-state index contributed by atoms with van der Waals surface area (Å²) in [5.41, 5.74) is 4.64. The molecule has 0 saturated carbocycles. The molecule has 0 fully saturated rings. The number of nitrogens with one attached hydrogen (secondary N) is 2. The summed E-state index contributed by atoms with van der Waals surface area (Å²) in [4.78, 5) is 39.5. The second-order valence-corrected chi connectivity index (χ2v) is 9.99. The zero-order valence-corrected chi connectivity index (χ0v) is 22.7. The number of amides is 1. The van der Waals surface area contributed by atoms with Crippen LogP contribution in [0.1, 0.15) is 49.4 Å². The Hall–Kier alpha value is -4.75. The molecule has 0 bridgehead atoms. The molecule has 1 heterocycles. The van der Waals surface area contributed by atoms with Gasteiger partial charge < -0.3 is 20.1 Å². The lowest BCUT2D eigenvalue weighted by molar-refractivity contribution is -0.118. The first-order valence-electron chi connectivity index (χ1n) is 13.7. The number of ether oxygens (including phenoxy) is 2. The van der Waals surface area contributed by atoms with Gasteiger partial charge in [0, 0.05) is 5.69 Å². The first kappa shape index (κ1) is 27.8. The minimum atomic E-state index is -0.611. The van der Waals surface area contributed by atoms with Crippen molar-refractivity contribution in [3.8, 4) is 0 Å². The fourth-order valence-electron chi connectivity index (χ4n) is 4.81. The Kier molecular flexibility index (Phi) is 9.19. The highest BCUT2D eigenvalue weighted by atomic mass is 16.5. The zero-order valence-electron chi connectivity index (χ0n) is 22.7. The summed E-state index contributed by atoms with van der Waals surface area (Å²) in [7, 11) is 0. The van der Waals surface area contributed by atoms with Crippen LogP contribution in [0.2, 0.25) is 0 Å². The van der Waals surface area contributed by atoms with Crippen molar-refractivity contribution in [2.75, 3.05) is 11.9 Å². The highest BCUT2D eigenvalue weighted by Crippen LogP contribution is 2.21. The molecular weight excluding hydrogens is 516 g/mol. The summed E-state index contributed by atoms with van der Waals surface area (Å²) in [6, 6.07) is 30.8. The number of anilines is 1. The van der Waals surface area contributed by atoms with E-state index in [0.717, 1.165) is 29.5 Å². The number of esters is 2. The van der Waals surface area contributed by atoms with Crippen LogP contribution in [0.5, 0.6) is 0 Å². The van der Waals surface area contributed by atoms with Crippen molar-refractivity contribution in [2.24, 2.45) is 0 Å². The molecule has 4 aromatic rings. The lowest BCUT2D eigenvalue weighted by Crippen LogP contribution is -2.43. The number of carbonyl (C=O) groups is 3. The van der Waals surface area contributed by atoms with E-state index in [9.17, 15) is 14.4 Å². The highest BCUT2D eigenvalue weighted by Gasteiger charge is 2.23. The van der Waals surface area contributed by atoms with Gasteiger partial charge in [-0.3, -0.25) is 4.79 Å². The van der Waals surface area contributed by atoms with E-state index in [1.807, 2.05) is 78.9 Å². The molecule has 1 aliphatic heterocycles. The van der Waals surface area contributed by atoms with E-state index >= 15 is 0 Å². The van der Waals surface area contributed by atoms with E-state index in [1.54, 1.807) is 0 Å². The Morgan fingerprint density at radius 1 is 0.707 bits per heavy atom. The van der Waals surface area contributed by atoms with Crippen LogP contribution in [0.3, 0.4) is 0 Å². The summed E-state index contributed by atoms with van der Waals surface area (Å²) in [6.07, 6.45) is 2.41. The van der Waals surface area contributed by atoms with Crippen molar-refractivity contribution >= 4 is 23.5 Å². The van der Waals surface area contributed by atoms with Gasteiger partial charge in [0.05, 0.1) is 17.2 Å². The van der Waals surface area contributed by atoms with Crippen LogP contribution >= 0.6 is 0 Å². The first-order valence-corrected chi connectivity index (χ1v) is 13.7. The summed E-state index contributed by atoms with van der Waals surface area (Å²) >= 11 is 0. The smallest absolute Gasteiger partial charge is 0.338 e. The van der Waals surface area contributed by atoms with E-state index < -0.39 is 18.0 Å². The van der Waals surface area contributed by atoms with Crippen LogP contribution in [-0.2, 0) is 40.3 Å². The van der Waals surface area contributed by atoms with Gasteiger partial charge in [0.1, 0.15) is 13.2 Å². The van der Waals surface area contributed by atoms with E-state index in [4.69, 9.17) is 9.47 Å². The molecule has 5 rings (SSSR count). The Morgan fingerprint density at radius 2 is 1.24 bits per heavy atom. The van der Waals surface area contributed by atoms with Crippen LogP contribution in [-0.4, -0.2) is 30.4 Å². The monoisotopic (exact) mass is 548 g/mol. The fourth-order valence-corrected chi connectivity index (χ4v) is 4.81. The third-order valence-corrected chi connectivity index (χ3v) is 6.97. The largest absolute Gasteiger partial charge is 0.457 e. The number of aryl methyl sites for hydroxylation is 1.